The zero-order valence-electron chi connectivity index (χ0n) is 11.2. The van der Waals surface area contributed by atoms with Gasteiger partial charge in [0.1, 0.15) is 5.76 Å². The third-order valence-corrected chi connectivity index (χ3v) is 3.91. The Hall–Kier alpha value is -1.85. The number of hydrogen-bond donors (Lipinski definition) is 2. The van der Waals surface area contributed by atoms with Gasteiger partial charge in [-0.15, -0.1) is 0 Å². The Kier molecular flexibility index (Phi) is 3.59. The van der Waals surface area contributed by atoms with E-state index in [1.807, 2.05) is 0 Å². The SMILES string of the molecule is Cc1noc(C)c1CC(=O)NCC1(C(=O)O)CCC1. The van der Waals surface area contributed by atoms with Crippen molar-refractivity contribution in [2.24, 2.45) is 5.41 Å². The van der Waals surface area contributed by atoms with Crippen LogP contribution in [-0.2, 0) is 16.0 Å². The van der Waals surface area contributed by atoms with Crippen molar-refractivity contribution in [3.63, 3.8) is 0 Å². The first-order valence-electron chi connectivity index (χ1n) is 6.36. The summed E-state index contributed by atoms with van der Waals surface area (Å²) in [5, 5.41) is 15.7. The molecule has 0 aliphatic heterocycles. The van der Waals surface area contributed by atoms with Crippen molar-refractivity contribution in [1.82, 2.24) is 10.5 Å². The second kappa shape index (κ2) is 5.03. The summed E-state index contributed by atoms with van der Waals surface area (Å²) >= 11 is 0. The molecule has 1 fully saturated rings. The van der Waals surface area contributed by atoms with Crippen LogP contribution in [0.25, 0.3) is 0 Å². The van der Waals surface area contributed by atoms with Gasteiger partial charge in [0.2, 0.25) is 5.91 Å². The van der Waals surface area contributed by atoms with Crippen molar-refractivity contribution >= 4 is 11.9 Å². The molecule has 1 amide bonds. The van der Waals surface area contributed by atoms with Gasteiger partial charge in [-0.25, -0.2) is 0 Å². The number of nitrogens with one attached hydrogen (secondary N) is 1. The highest BCUT2D eigenvalue weighted by atomic mass is 16.5. The third-order valence-electron chi connectivity index (χ3n) is 3.91. The molecule has 19 heavy (non-hydrogen) atoms. The van der Waals surface area contributed by atoms with Gasteiger partial charge in [-0.1, -0.05) is 11.6 Å². The fraction of sp³-hybridized carbons (Fsp3) is 0.615. The van der Waals surface area contributed by atoms with Gasteiger partial charge in [0.05, 0.1) is 17.5 Å². The lowest BCUT2D eigenvalue weighted by molar-refractivity contribution is -0.154. The van der Waals surface area contributed by atoms with Gasteiger partial charge < -0.3 is 14.9 Å². The molecule has 1 aromatic rings. The van der Waals surface area contributed by atoms with Crippen molar-refractivity contribution < 1.29 is 19.2 Å². The molecular formula is C13H18N2O4. The number of carboxylic acids is 1. The van der Waals surface area contributed by atoms with Crippen LogP contribution in [0.5, 0.6) is 0 Å². The van der Waals surface area contributed by atoms with E-state index in [1.54, 1.807) is 13.8 Å². The topological polar surface area (TPSA) is 92.4 Å². The number of rotatable bonds is 5. The monoisotopic (exact) mass is 266 g/mol. The molecule has 6 nitrogen and oxygen atoms in total. The Morgan fingerprint density at radius 2 is 2.11 bits per heavy atom. The highest BCUT2D eigenvalue weighted by molar-refractivity contribution is 5.81. The molecule has 0 radical (unpaired) electrons. The van der Waals surface area contributed by atoms with E-state index in [9.17, 15) is 9.59 Å². The second-order valence-corrected chi connectivity index (χ2v) is 5.20. The molecule has 0 spiro atoms. The van der Waals surface area contributed by atoms with Crippen molar-refractivity contribution in [3.8, 4) is 0 Å². The predicted molar refractivity (Wildman–Crippen MR) is 66.6 cm³/mol. The quantitative estimate of drug-likeness (QED) is 0.835. The van der Waals surface area contributed by atoms with Crippen LogP contribution in [0.15, 0.2) is 4.52 Å². The smallest absolute Gasteiger partial charge is 0.311 e. The number of aromatic nitrogens is 1. The van der Waals surface area contributed by atoms with E-state index in [-0.39, 0.29) is 18.9 Å². The second-order valence-electron chi connectivity index (χ2n) is 5.20. The third kappa shape index (κ3) is 2.62. The van der Waals surface area contributed by atoms with E-state index >= 15 is 0 Å². The summed E-state index contributed by atoms with van der Waals surface area (Å²) in [7, 11) is 0. The summed E-state index contributed by atoms with van der Waals surface area (Å²) in [4.78, 5) is 23.0. The number of carboxylic acid groups (broad SMARTS) is 1. The van der Waals surface area contributed by atoms with E-state index in [2.05, 4.69) is 10.5 Å². The fourth-order valence-corrected chi connectivity index (χ4v) is 2.31. The molecule has 2 N–H and O–H groups in total. The van der Waals surface area contributed by atoms with Gasteiger partial charge in [0, 0.05) is 12.1 Å². The van der Waals surface area contributed by atoms with Gasteiger partial charge in [-0.05, 0) is 26.7 Å². The largest absolute Gasteiger partial charge is 0.481 e. The Labute approximate surface area is 111 Å². The minimum absolute atomic E-state index is 0.177. The minimum Gasteiger partial charge on any atom is -0.481 e. The molecule has 2 rings (SSSR count). The number of carbonyl (C=O) groups is 2. The molecule has 1 heterocycles. The number of hydrogen-bond acceptors (Lipinski definition) is 4. The predicted octanol–water partition coefficient (Wildman–Crippen LogP) is 1.21. The molecule has 0 saturated heterocycles. The van der Waals surface area contributed by atoms with E-state index in [1.165, 1.54) is 0 Å². The highest BCUT2D eigenvalue weighted by Crippen LogP contribution is 2.40. The molecule has 0 unspecified atom stereocenters. The molecule has 0 atom stereocenters. The number of nitrogens with zero attached hydrogens (tertiary/aromatic N) is 1. The maximum Gasteiger partial charge on any atom is 0.311 e. The van der Waals surface area contributed by atoms with Gasteiger partial charge in [-0.2, -0.15) is 0 Å². The molecular weight excluding hydrogens is 248 g/mol. The van der Waals surface area contributed by atoms with Crippen molar-refractivity contribution in [2.45, 2.75) is 39.5 Å². The maximum atomic E-state index is 11.9. The van der Waals surface area contributed by atoms with E-state index < -0.39 is 11.4 Å². The van der Waals surface area contributed by atoms with Crippen LogP contribution in [0.3, 0.4) is 0 Å². The first kappa shape index (κ1) is 13.6. The Morgan fingerprint density at radius 3 is 2.53 bits per heavy atom. The number of amides is 1. The standard InChI is InChI=1S/C13H18N2O4/c1-8-10(9(2)19-15-8)6-11(16)14-7-13(12(17)18)4-3-5-13/h3-7H2,1-2H3,(H,14,16)(H,17,18). The highest BCUT2D eigenvalue weighted by Gasteiger charge is 2.44. The van der Waals surface area contributed by atoms with Crippen LogP contribution in [0.4, 0.5) is 0 Å². The molecule has 1 aliphatic rings. The lowest BCUT2D eigenvalue weighted by atomic mass is 9.69. The van der Waals surface area contributed by atoms with Gasteiger partial charge in [0.15, 0.2) is 0 Å². The molecule has 1 aromatic heterocycles. The average Bonchev–Trinajstić information content (AvgIpc) is 2.59. The lowest BCUT2D eigenvalue weighted by Gasteiger charge is -2.37. The van der Waals surface area contributed by atoms with Crippen LogP contribution in [0.1, 0.15) is 36.3 Å². The van der Waals surface area contributed by atoms with Crippen LogP contribution < -0.4 is 5.32 Å². The normalized spacial score (nSPS) is 16.7. The van der Waals surface area contributed by atoms with Crippen molar-refractivity contribution in [1.29, 1.82) is 0 Å². The van der Waals surface area contributed by atoms with Crippen LogP contribution in [-0.4, -0.2) is 28.7 Å². The zero-order chi connectivity index (χ0) is 14.0. The number of aliphatic carboxylic acids is 1. The fourth-order valence-electron chi connectivity index (χ4n) is 2.31. The van der Waals surface area contributed by atoms with E-state index in [0.717, 1.165) is 12.0 Å². The minimum atomic E-state index is -0.823. The summed E-state index contributed by atoms with van der Waals surface area (Å²) in [6, 6.07) is 0. The van der Waals surface area contributed by atoms with E-state index in [0.29, 0.717) is 24.3 Å². The number of carbonyl (C=O) groups excluding carboxylic acids is 1. The van der Waals surface area contributed by atoms with Gasteiger partial charge in [-0.3, -0.25) is 9.59 Å². The van der Waals surface area contributed by atoms with E-state index in [4.69, 9.17) is 9.63 Å². The summed E-state index contributed by atoms with van der Waals surface area (Å²) < 4.78 is 4.99. The van der Waals surface area contributed by atoms with Gasteiger partial charge >= 0.3 is 5.97 Å². The number of aryl methyl sites for hydroxylation is 2. The summed E-state index contributed by atoms with van der Waals surface area (Å²) in [5.74, 6) is -0.387. The first-order chi connectivity index (χ1) is 8.94. The Balaban J connectivity index is 1.90. The van der Waals surface area contributed by atoms with Crippen LogP contribution in [0, 0.1) is 19.3 Å². The van der Waals surface area contributed by atoms with Crippen molar-refractivity contribution in [2.75, 3.05) is 6.54 Å². The summed E-state index contributed by atoms with van der Waals surface area (Å²) in [5.41, 5.74) is 0.716. The van der Waals surface area contributed by atoms with Gasteiger partial charge in [0.25, 0.3) is 0 Å². The molecule has 104 valence electrons. The first-order valence-corrected chi connectivity index (χ1v) is 6.36. The summed E-state index contributed by atoms with van der Waals surface area (Å²) in [6.45, 7) is 3.74. The Morgan fingerprint density at radius 1 is 1.42 bits per heavy atom. The molecule has 1 saturated carbocycles. The maximum absolute atomic E-state index is 11.9. The lowest BCUT2D eigenvalue weighted by Crippen LogP contribution is -2.47. The zero-order valence-corrected chi connectivity index (χ0v) is 11.2. The molecule has 0 aromatic carbocycles. The molecule has 6 heteroatoms. The molecule has 0 bridgehead atoms. The average molecular weight is 266 g/mol. The Bertz CT molecular complexity index is 483. The molecule has 1 aliphatic carbocycles. The van der Waals surface area contributed by atoms with Crippen LogP contribution >= 0.6 is 0 Å². The summed E-state index contributed by atoms with van der Waals surface area (Å²) in [6.07, 6.45) is 2.35. The van der Waals surface area contributed by atoms with Crippen molar-refractivity contribution in [3.05, 3.63) is 17.0 Å². The van der Waals surface area contributed by atoms with Crippen LogP contribution in [0.2, 0.25) is 0 Å².